The summed E-state index contributed by atoms with van der Waals surface area (Å²) in [7, 11) is 1.61. The Kier molecular flexibility index (Phi) is 9.10. The van der Waals surface area contributed by atoms with Gasteiger partial charge in [0.25, 0.3) is 0 Å². The first kappa shape index (κ1) is 33.3. The number of rotatable bonds is 6. The number of fused-ring (bicyclic) bond motifs is 4. The molecule has 4 aromatic rings. The van der Waals surface area contributed by atoms with E-state index in [4.69, 9.17) is 14.2 Å². The number of ether oxygens (including phenoxy) is 3. The Morgan fingerprint density at radius 2 is 1.42 bits per heavy atom. The third-order valence-electron chi connectivity index (χ3n) is 11.6. The number of nitrogens with zero attached hydrogens (tertiary/aromatic N) is 6. The van der Waals surface area contributed by atoms with Crippen LogP contribution in [0.15, 0.2) is 23.0 Å². The van der Waals surface area contributed by atoms with Crippen molar-refractivity contribution in [2.45, 2.75) is 57.7 Å². The first-order valence-corrected chi connectivity index (χ1v) is 18.4. The van der Waals surface area contributed by atoms with Crippen LogP contribution in [0.5, 0.6) is 5.75 Å². The molecule has 11 nitrogen and oxygen atoms in total. The van der Waals surface area contributed by atoms with Crippen LogP contribution >= 0.6 is 0 Å². The number of pyridine rings is 1. The maximum Gasteiger partial charge on any atom is 0.201 e. The molecule has 4 fully saturated rings. The highest BCUT2D eigenvalue weighted by Crippen LogP contribution is 2.48. The Labute approximate surface area is 292 Å². The average Bonchev–Trinajstić information content (AvgIpc) is 3.54. The van der Waals surface area contributed by atoms with Crippen LogP contribution in [0.2, 0.25) is 0 Å². The monoisotopic (exact) mass is 685 g/mol. The minimum atomic E-state index is -0.419. The minimum absolute atomic E-state index is 0.174. The molecule has 4 aliphatic heterocycles. The van der Waals surface area contributed by atoms with Crippen molar-refractivity contribution in [3.05, 3.63) is 39.8 Å². The van der Waals surface area contributed by atoms with Crippen molar-refractivity contribution < 1.29 is 18.6 Å². The highest BCUT2D eigenvalue weighted by molar-refractivity contribution is 6.13. The maximum atomic E-state index is 17.7. The molecule has 0 aliphatic carbocycles. The van der Waals surface area contributed by atoms with Gasteiger partial charge < -0.3 is 33.6 Å². The molecule has 4 saturated heterocycles. The summed E-state index contributed by atoms with van der Waals surface area (Å²) in [5.74, 6) is 0.0284. The predicted octanol–water partition coefficient (Wildman–Crippen LogP) is 4.84. The molecule has 0 atom stereocenters. The number of aromatic amines is 1. The van der Waals surface area contributed by atoms with Crippen molar-refractivity contribution in [1.29, 1.82) is 5.26 Å². The molecule has 0 radical (unpaired) electrons. The molecule has 0 bridgehead atoms. The van der Waals surface area contributed by atoms with Gasteiger partial charge in [0, 0.05) is 81.4 Å². The van der Waals surface area contributed by atoms with Crippen molar-refractivity contribution in [2.75, 3.05) is 95.7 Å². The number of aromatic nitrogens is 2. The second kappa shape index (κ2) is 13.7. The summed E-state index contributed by atoms with van der Waals surface area (Å²) in [6.07, 6.45) is 3.71. The lowest BCUT2D eigenvalue weighted by atomic mass is 9.97. The second-order valence-corrected chi connectivity index (χ2v) is 14.5. The van der Waals surface area contributed by atoms with Crippen LogP contribution in [-0.2, 0) is 9.47 Å². The number of methoxy groups -OCH3 is 1. The molecular weight excluding hydrogens is 637 g/mol. The third-order valence-corrected chi connectivity index (χ3v) is 11.6. The SMILES string of the molecule is COc1c(N2CCC(N3CCOCC3)CC2)c(F)c2c(c1N1CCC(N3CCOCC3)CC1)c(=O)c1c3ccc(C#N)cc3[nH]c1n2C(C)C. The Hall–Kier alpha value is -3.89. The predicted molar refractivity (Wildman–Crippen MR) is 194 cm³/mol. The summed E-state index contributed by atoms with van der Waals surface area (Å²) in [4.78, 5) is 27.9. The number of anilines is 2. The lowest BCUT2D eigenvalue weighted by Gasteiger charge is -2.43. The molecule has 8 rings (SSSR count). The molecule has 0 amide bonds. The second-order valence-electron chi connectivity index (χ2n) is 14.5. The zero-order valence-corrected chi connectivity index (χ0v) is 29.5. The van der Waals surface area contributed by atoms with E-state index in [1.54, 1.807) is 19.2 Å². The molecule has 1 N–H and O–H groups in total. The minimum Gasteiger partial charge on any atom is -0.492 e. The lowest BCUT2D eigenvalue weighted by molar-refractivity contribution is 0.0114. The van der Waals surface area contributed by atoms with Crippen molar-refractivity contribution in [3.8, 4) is 11.8 Å². The van der Waals surface area contributed by atoms with Gasteiger partial charge in [-0.1, -0.05) is 6.07 Å². The maximum absolute atomic E-state index is 17.7. The van der Waals surface area contributed by atoms with Gasteiger partial charge in [-0.05, 0) is 51.7 Å². The quantitative estimate of drug-likeness (QED) is 0.306. The number of morpholine rings is 2. The van der Waals surface area contributed by atoms with Crippen LogP contribution in [0.1, 0.15) is 51.1 Å². The number of nitriles is 1. The zero-order chi connectivity index (χ0) is 34.5. The Bertz CT molecular complexity index is 1990. The van der Waals surface area contributed by atoms with Crippen molar-refractivity contribution in [2.24, 2.45) is 0 Å². The standard InChI is InChI=1S/C38H48FN7O4/c1-24(2)46-33-31(36(47)30-28-5-4-25(23-40)22-29(28)41-38(30)46)34(44-10-6-26(7-11-44)42-14-18-49-19-15-42)37(48-3)35(32(33)39)45-12-8-27(9-13-45)43-16-20-50-21-17-43/h4-5,22,24,26-27,41H,6-21H2,1-3H3. The molecule has 50 heavy (non-hydrogen) atoms. The molecule has 2 aromatic heterocycles. The topological polar surface area (TPSA) is 102 Å². The fraction of sp³-hybridized carbons (Fsp3) is 0.579. The summed E-state index contributed by atoms with van der Waals surface area (Å²) >= 11 is 0. The van der Waals surface area contributed by atoms with Crippen LogP contribution in [0.4, 0.5) is 15.8 Å². The highest BCUT2D eigenvalue weighted by Gasteiger charge is 2.36. The summed E-state index contributed by atoms with van der Waals surface area (Å²) in [5, 5.41) is 11.2. The van der Waals surface area contributed by atoms with E-state index in [1.807, 2.05) is 24.5 Å². The number of H-pyrrole nitrogens is 1. The van der Waals surface area contributed by atoms with E-state index in [-0.39, 0.29) is 11.5 Å². The van der Waals surface area contributed by atoms with Gasteiger partial charge in [-0.3, -0.25) is 14.6 Å². The number of halogens is 1. The smallest absolute Gasteiger partial charge is 0.201 e. The molecule has 4 aliphatic rings. The summed E-state index contributed by atoms with van der Waals surface area (Å²) < 4.78 is 37.2. The largest absolute Gasteiger partial charge is 0.492 e. The van der Waals surface area contributed by atoms with Gasteiger partial charge in [0.1, 0.15) is 11.3 Å². The molecule has 0 unspecified atom stereocenters. The van der Waals surface area contributed by atoms with E-state index < -0.39 is 5.82 Å². The van der Waals surface area contributed by atoms with E-state index in [0.717, 1.165) is 96.8 Å². The van der Waals surface area contributed by atoms with Crippen LogP contribution in [0, 0.1) is 17.1 Å². The van der Waals surface area contributed by atoms with Crippen molar-refractivity contribution >= 4 is 44.2 Å². The van der Waals surface area contributed by atoms with Gasteiger partial charge in [0.2, 0.25) is 5.43 Å². The number of hydrogen-bond acceptors (Lipinski definition) is 9. The third kappa shape index (κ3) is 5.59. The van der Waals surface area contributed by atoms with Gasteiger partial charge >= 0.3 is 0 Å². The Morgan fingerprint density at radius 1 is 0.860 bits per heavy atom. The van der Waals surface area contributed by atoms with Crippen molar-refractivity contribution in [1.82, 2.24) is 19.4 Å². The zero-order valence-electron chi connectivity index (χ0n) is 29.5. The molecule has 0 saturated carbocycles. The molecule has 12 heteroatoms. The average molecular weight is 686 g/mol. The first-order valence-electron chi connectivity index (χ1n) is 18.4. The van der Waals surface area contributed by atoms with E-state index in [1.165, 1.54) is 0 Å². The lowest BCUT2D eigenvalue weighted by Crippen LogP contribution is -2.49. The number of nitrogens with one attached hydrogen (secondary N) is 1. The number of hydrogen-bond donors (Lipinski definition) is 1. The highest BCUT2D eigenvalue weighted by atomic mass is 19.1. The van der Waals surface area contributed by atoms with Gasteiger partial charge in [-0.2, -0.15) is 5.26 Å². The number of benzene rings is 2. The Balaban J connectivity index is 1.31. The van der Waals surface area contributed by atoms with E-state index >= 15 is 4.39 Å². The first-order chi connectivity index (χ1) is 24.4. The number of piperidine rings is 2. The normalized spacial score (nSPS) is 20.8. The summed E-state index contributed by atoms with van der Waals surface area (Å²) in [5.41, 5.74) is 2.98. The molecule has 0 spiro atoms. The molecule has 266 valence electrons. The van der Waals surface area contributed by atoms with Crippen LogP contribution in [0.3, 0.4) is 0 Å². The molecule has 2 aromatic carbocycles. The van der Waals surface area contributed by atoms with Crippen molar-refractivity contribution in [3.63, 3.8) is 0 Å². The molecule has 6 heterocycles. The van der Waals surface area contributed by atoms with Gasteiger partial charge in [-0.25, -0.2) is 4.39 Å². The van der Waals surface area contributed by atoms with Crippen LogP contribution in [-0.4, -0.2) is 117 Å². The fourth-order valence-electron chi connectivity index (χ4n) is 9.09. The summed E-state index contributed by atoms with van der Waals surface area (Å²) in [6, 6.07) is 8.24. The van der Waals surface area contributed by atoms with Crippen LogP contribution < -0.4 is 20.0 Å². The Morgan fingerprint density at radius 3 is 1.94 bits per heavy atom. The van der Waals surface area contributed by atoms with Gasteiger partial charge in [-0.15, -0.1) is 0 Å². The van der Waals surface area contributed by atoms with Crippen LogP contribution in [0.25, 0.3) is 32.8 Å². The van der Waals surface area contributed by atoms with Gasteiger partial charge in [0.15, 0.2) is 11.6 Å². The van der Waals surface area contributed by atoms with E-state index in [9.17, 15) is 10.1 Å². The van der Waals surface area contributed by atoms with Gasteiger partial charge in [0.05, 0.1) is 67.1 Å². The van der Waals surface area contributed by atoms with E-state index in [0.29, 0.717) is 75.3 Å². The fourth-order valence-corrected chi connectivity index (χ4v) is 9.09. The summed E-state index contributed by atoms with van der Waals surface area (Å²) in [6.45, 7) is 13.7. The van der Waals surface area contributed by atoms with E-state index in [2.05, 4.69) is 30.7 Å². The molecular formula is C38H48FN7O4.